The molecule has 0 bridgehead atoms. The quantitative estimate of drug-likeness (QED) is 0.163. The van der Waals surface area contributed by atoms with Gasteiger partial charge in [-0.15, -0.1) is 0 Å². The summed E-state index contributed by atoms with van der Waals surface area (Å²) < 4.78 is 25.5. The molecule has 6 unspecified atom stereocenters. The summed E-state index contributed by atoms with van der Waals surface area (Å²) in [7, 11) is -3.94. The van der Waals surface area contributed by atoms with E-state index in [1.54, 1.807) is 5.57 Å². The highest BCUT2D eigenvalue weighted by molar-refractivity contribution is 6.74. The lowest BCUT2D eigenvalue weighted by Crippen LogP contribution is -2.49. The molecular weight excluding hydrogens is 593 g/mol. The van der Waals surface area contributed by atoms with Crippen molar-refractivity contribution in [3.8, 4) is 0 Å². The van der Waals surface area contributed by atoms with Gasteiger partial charge in [0.25, 0.3) is 0 Å². The van der Waals surface area contributed by atoms with E-state index >= 15 is 0 Å². The van der Waals surface area contributed by atoms with Gasteiger partial charge < -0.3 is 18.3 Å². The van der Waals surface area contributed by atoms with Crippen molar-refractivity contribution >= 4 is 22.6 Å². The number of hydrogen-bond acceptors (Lipinski definition) is 5. The lowest BCUT2D eigenvalue weighted by atomic mass is 9.62. The van der Waals surface area contributed by atoms with Gasteiger partial charge >= 0.3 is 5.97 Å². The van der Waals surface area contributed by atoms with Crippen LogP contribution in [0.25, 0.3) is 0 Å². The Morgan fingerprint density at radius 3 is 2.24 bits per heavy atom. The maximum Gasteiger partial charge on any atom is 0.308 e. The molecule has 0 heterocycles. The molecule has 7 heteroatoms. The molecule has 45 heavy (non-hydrogen) atoms. The van der Waals surface area contributed by atoms with Gasteiger partial charge in [0.15, 0.2) is 16.6 Å². The zero-order valence-corrected chi connectivity index (χ0v) is 33.4. The molecule has 258 valence electrons. The van der Waals surface area contributed by atoms with Gasteiger partial charge in [0, 0.05) is 6.42 Å². The Hall–Kier alpha value is -0.996. The maximum absolute atomic E-state index is 11.8. The van der Waals surface area contributed by atoms with Crippen molar-refractivity contribution in [3.05, 3.63) is 35.5 Å². The van der Waals surface area contributed by atoms with Crippen LogP contribution in [-0.4, -0.2) is 54.1 Å². The molecule has 0 aromatic rings. The van der Waals surface area contributed by atoms with Gasteiger partial charge in [0.05, 0.1) is 37.9 Å². The second-order valence-electron chi connectivity index (χ2n) is 17.5. The first-order chi connectivity index (χ1) is 20.6. The second-order valence-corrected chi connectivity index (χ2v) is 27.0. The minimum atomic E-state index is -2.00. The van der Waals surface area contributed by atoms with E-state index in [0.29, 0.717) is 31.5 Å². The van der Waals surface area contributed by atoms with Gasteiger partial charge in [-0.05, 0) is 117 Å². The van der Waals surface area contributed by atoms with E-state index in [0.717, 1.165) is 24.8 Å². The molecule has 3 rings (SSSR count). The Kier molecular flexibility index (Phi) is 12.5. The Balaban J connectivity index is 1.84. The van der Waals surface area contributed by atoms with Crippen molar-refractivity contribution in [3.63, 3.8) is 0 Å². The highest BCUT2D eigenvalue weighted by Crippen LogP contribution is 2.58. The largest absolute Gasteiger partial charge is 0.466 e. The predicted molar refractivity (Wildman–Crippen MR) is 194 cm³/mol. The van der Waals surface area contributed by atoms with E-state index in [9.17, 15) is 4.79 Å². The van der Waals surface area contributed by atoms with Crippen molar-refractivity contribution in [2.45, 2.75) is 168 Å². The molecule has 0 aliphatic heterocycles. The second kappa shape index (κ2) is 14.6. The number of hydrogen-bond donors (Lipinski definition) is 0. The van der Waals surface area contributed by atoms with Crippen molar-refractivity contribution in [2.75, 3.05) is 13.2 Å². The summed E-state index contributed by atoms with van der Waals surface area (Å²) >= 11 is 0. The lowest BCUT2D eigenvalue weighted by molar-refractivity contribution is -0.145. The summed E-state index contributed by atoms with van der Waals surface area (Å²) in [6.45, 7) is 35.4. The normalized spacial score (nSPS) is 30.9. The minimum Gasteiger partial charge on any atom is -0.466 e. The van der Waals surface area contributed by atoms with Crippen LogP contribution in [0.1, 0.15) is 114 Å². The minimum absolute atomic E-state index is 0.000788. The zero-order valence-electron chi connectivity index (χ0n) is 31.4. The van der Waals surface area contributed by atoms with Crippen molar-refractivity contribution in [1.29, 1.82) is 0 Å². The van der Waals surface area contributed by atoms with Crippen molar-refractivity contribution in [2.24, 2.45) is 17.3 Å². The van der Waals surface area contributed by atoms with Crippen molar-refractivity contribution in [1.82, 2.24) is 0 Å². The van der Waals surface area contributed by atoms with E-state index in [1.807, 2.05) is 6.92 Å². The lowest BCUT2D eigenvalue weighted by Gasteiger charge is -2.45. The van der Waals surface area contributed by atoms with Gasteiger partial charge in [-0.1, -0.05) is 72.8 Å². The average molecular weight is 661 g/mol. The topological polar surface area (TPSA) is 54.0 Å². The molecule has 6 atom stereocenters. The van der Waals surface area contributed by atoms with Gasteiger partial charge in [-0.3, -0.25) is 4.79 Å². The third-order valence-corrected chi connectivity index (χ3v) is 21.4. The Morgan fingerprint density at radius 2 is 1.64 bits per heavy atom. The predicted octanol–water partition coefficient (Wildman–Crippen LogP) is 10.5. The third-order valence-electron chi connectivity index (χ3n) is 12.3. The van der Waals surface area contributed by atoms with Crippen LogP contribution < -0.4 is 0 Å². The fraction of sp³-hybridized carbons (Fsp3) is 0.816. The molecule has 0 amide bonds. The summed E-state index contributed by atoms with van der Waals surface area (Å²) in [6, 6.07) is 0. The number of carbonyl (C=O) groups excluding carboxylic acids is 1. The van der Waals surface area contributed by atoms with Crippen LogP contribution in [0.5, 0.6) is 0 Å². The summed E-state index contributed by atoms with van der Waals surface area (Å²) in [6.07, 6.45) is 13.2. The SMILES string of the molecule is C=C1C(=CC=C2CCCC3(C)C2CCC3C(C)OCCC(=O)OCC)CC(O[Si](C)(C)C(C)(C)C)CC1O[Si](C)(C)C(C)(C)C. The Bertz CT molecular complexity index is 1110. The monoisotopic (exact) mass is 660 g/mol. The fourth-order valence-corrected chi connectivity index (χ4v) is 10.2. The van der Waals surface area contributed by atoms with Gasteiger partial charge in [-0.25, -0.2) is 0 Å². The molecule has 3 aliphatic rings. The molecule has 3 fully saturated rings. The number of ether oxygens (including phenoxy) is 2. The molecule has 0 N–H and O–H groups in total. The van der Waals surface area contributed by atoms with Crippen LogP contribution in [0.15, 0.2) is 35.5 Å². The van der Waals surface area contributed by atoms with E-state index in [4.69, 9.17) is 18.3 Å². The summed E-state index contributed by atoms with van der Waals surface area (Å²) in [5.41, 5.74) is 4.26. The van der Waals surface area contributed by atoms with Gasteiger partial charge in [0.2, 0.25) is 0 Å². The molecule has 0 radical (unpaired) electrons. The molecule has 5 nitrogen and oxygen atoms in total. The first-order valence-electron chi connectivity index (χ1n) is 17.8. The molecule has 0 spiro atoms. The molecule has 3 saturated carbocycles. The number of esters is 1. The number of rotatable bonds is 11. The van der Waals surface area contributed by atoms with Crippen LogP contribution in [0.4, 0.5) is 0 Å². The molecule has 0 saturated heterocycles. The third kappa shape index (κ3) is 9.13. The summed E-state index contributed by atoms with van der Waals surface area (Å²) in [4.78, 5) is 11.8. The van der Waals surface area contributed by atoms with Crippen LogP contribution in [0.3, 0.4) is 0 Å². The van der Waals surface area contributed by atoms with E-state index in [-0.39, 0.29) is 39.8 Å². The van der Waals surface area contributed by atoms with E-state index in [2.05, 4.69) is 100 Å². The summed E-state index contributed by atoms with van der Waals surface area (Å²) in [5.74, 6) is 0.893. The zero-order chi connectivity index (χ0) is 34.0. The smallest absolute Gasteiger partial charge is 0.308 e. The van der Waals surface area contributed by atoms with Crippen LogP contribution in [0.2, 0.25) is 36.3 Å². The van der Waals surface area contributed by atoms with Crippen LogP contribution in [-0.2, 0) is 23.1 Å². The molecule has 0 aromatic heterocycles. The van der Waals surface area contributed by atoms with Gasteiger partial charge in [-0.2, -0.15) is 0 Å². The van der Waals surface area contributed by atoms with Crippen molar-refractivity contribution < 1.29 is 23.1 Å². The molecule has 0 aromatic carbocycles. The van der Waals surface area contributed by atoms with Crippen LogP contribution in [0, 0.1) is 17.3 Å². The number of allylic oxidation sites excluding steroid dienone is 3. The first kappa shape index (κ1) is 38.5. The number of fused-ring (bicyclic) bond motifs is 1. The Morgan fingerprint density at radius 1 is 1.02 bits per heavy atom. The molecule has 3 aliphatic carbocycles. The number of carbonyl (C=O) groups is 1. The van der Waals surface area contributed by atoms with Gasteiger partial charge in [0.1, 0.15) is 0 Å². The standard InChI is InChI=1S/C38H68O5Si2/c1-15-40-35(39)22-24-41-28(3)32-20-21-33-29(17-16-23-38(32,33)10)18-19-30-25-31(42-44(11,12)36(4,5)6)26-34(27(30)2)43-45(13,14)37(7,8)9/h18-19,28,31-34H,2,15-17,20-26H2,1,3-14H3. The van der Waals surface area contributed by atoms with E-state index < -0.39 is 16.6 Å². The highest BCUT2D eigenvalue weighted by Gasteiger charge is 2.51. The molecular formula is C38H68O5Si2. The highest BCUT2D eigenvalue weighted by atomic mass is 28.4. The first-order valence-corrected chi connectivity index (χ1v) is 23.7. The fourth-order valence-electron chi connectivity index (χ4n) is 7.49. The summed E-state index contributed by atoms with van der Waals surface area (Å²) in [5, 5.41) is 0.298. The van der Waals surface area contributed by atoms with Crippen LogP contribution >= 0.6 is 0 Å². The van der Waals surface area contributed by atoms with E-state index in [1.165, 1.54) is 31.3 Å². The average Bonchev–Trinajstić information content (AvgIpc) is 3.25. The Labute approximate surface area is 279 Å². The maximum atomic E-state index is 11.8.